The Bertz CT molecular complexity index is 677. The molecule has 1 atom stereocenters. The zero-order chi connectivity index (χ0) is 15.9. The molecule has 1 spiro atoms. The fourth-order valence-corrected chi connectivity index (χ4v) is 3.23. The van der Waals surface area contributed by atoms with Crippen LogP contribution < -0.4 is 10.9 Å². The van der Waals surface area contributed by atoms with Crippen molar-refractivity contribution in [3.8, 4) is 0 Å². The Labute approximate surface area is 126 Å². The van der Waals surface area contributed by atoms with E-state index in [1.54, 1.807) is 12.1 Å². The maximum absolute atomic E-state index is 12.3. The molecule has 2 amide bonds. The van der Waals surface area contributed by atoms with Crippen LogP contribution in [0.1, 0.15) is 31.2 Å². The van der Waals surface area contributed by atoms with Gasteiger partial charge in [-0.2, -0.15) is 0 Å². The van der Waals surface area contributed by atoms with Crippen molar-refractivity contribution >= 4 is 17.5 Å². The van der Waals surface area contributed by atoms with Crippen LogP contribution in [0, 0.1) is 15.5 Å². The van der Waals surface area contributed by atoms with Crippen LogP contribution in [-0.2, 0) is 9.59 Å². The SMILES string of the molecule is CC1=CCC2(C(=O)NNC2=O)[C@@H](c2ccc([N+](=O)[O-])cc2)C1. The molecule has 2 aliphatic rings. The summed E-state index contributed by atoms with van der Waals surface area (Å²) >= 11 is 0. The first-order valence-corrected chi connectivity index (χ1v) is 6.96. The van der Waals surface area contributed by atoms with Crippen molar-refractivity contribution in [2.24, 2.45) is 5.41 Å². The Hall–Kier alpha value is -2.70. The van der Waals surface area contributed by atoms with Gasteiger partial charge in [-0.1, -0.05) is 23.8 Å². The molecule has 1 aromatic rings. The summed E-state index contributed by atoms with van der Waals surface area (Å²) in [5, 5.41) is 10.8. The van der Waals surface area contributed by atoms with Crippen LogP contribution in [0.5, 0.6) is 0 Å². The zero-order valence-electron chi connectivity index (χ0n) is 12.0. The second kappa shape index (κ2) is 4.94. The highest BCUT2D eigenvalue weighted by Crippen LogP contribution is 2.48. The summed E-state index contributed by atoms with van der Waals surface area (Å²) in [5.74, 6) is -1.02. The third-order valence-corrected chi connectivity index (χ3v) is 4.50. The minimum Gasteiger partial charge on any atom is -0.272 e. The van der Waals surface area contributed by atoms with E-state index >= 15 is 0 Å². The highest BCUT2D eigenvalue weighted by molar-refractivity contribution is 6.11. The largest absolute Gasteiger partial charge is 0.272 e. The van der Waals surface area contributed by atoms with Gasteiger partial charge in [0.15, 0.2) is 0 Å². The first-order chi connectivity index (χ1) is 10.4. The number of non-ortho nitro benzene ring substituents is 1. The van der Waals surface area contributed by atoms with Crippen molar-refractivity contribution in [2.45, 2.75) is 25.7 Å². The van der Waals surface area contributed by atoms with Crippen molar-refractivity contribution in [3.63, 3.8) is 0 Å². The Kier molecular flexibility index (Phi) is 3.20. The number of nitrogens with zero attached hydrogens (tertiary/aromatic N) is 1. The number of nitro benzene ring substituents is 1. The smallest absolute Gasteiger partial charge is 0.269 e. The van der Waals surface area contributed by atoms with Crippen molar-refractivity contribution < 1.29 is 14.5 Å². The molecular formula is C15H15N3O4. The number of rotatable bonds is 2. The maximum Gasteiger partial charge on any atom is 0.269 e. The number of benzene rings is 1. The third-order valence-electron chi connectivity index (χ3n) is 4.50. The van der Waals surface area contributed by atoms with Gasteiger partial charge >= 0.3 is 0 Å². The fraction of sp³-hybridized carbons (Fsp3) is 0.333. The van der Waals surface area contributed by atoms with Gasteiger partial charge in [0.25, 0.3) is 17.5 Å². The molecule has 0 unspecified atom stereocenters. The molecule has 3 rings (SSSR count). The average molecular weight is 301 g/mol. The minimum absolute atomic E-state index is 0.0128. The normalized spacial score (nSPS) is 23.0. The molecule has 114 valence electrons. The molecule has 0 bridgehead atoms. The topological polar surface area (TPSA) is 101 Å². The Morgan fingerprint density at radius 3 is 2.32 bits per heavy atom. The molecule has 1 saturated heterocycles. The number of hydrogen-bond donors (Lipinski definition) is 2. The molecule has 1 aliphatic heterocycles. The van der Waals surface area contributed by atoms with Gasteiger partial charge in [0, 0.05) is 18.1 Å². The van der Waals surface area contributed by atoms with Crippen LogP contribution in [-0.4, -0.2) is 16.7 Å². The van der Waals surface area contributed by atoms with Crippen LogP contribution >= 0.6 is 0 Å². The summed E-state index contributed by atoms with van der Waals surface area (Å²) in [6.45, 7) is 1.95. The molecule has 0 saturated carbocycles. The van der Waals surface area contributed by atoms with E-state index in [1.165, 1.54) is 12.1 Å². The van der Waals surface area contributed by atoms with Gasteiger partial charge in [-0.25, -0.2) is 0 Å². The zero-order valence-corrected chi connectivity index (χ0v) is 12.0. The first-order valence-electron chi connectivity index (χ1n) is 6.96. The number of nitro groups is 1. The summed E-state index contributed by atoms with van der Waals surface area (Å²) in [7, 11) is 0. The van der Waals surface area contributed by atoms with Crippen LogP contribution in [0.25, 0.3) is 0 Å². The summed E-state index contributed by atoms with van der Waals surface area (Å²) in [6.07, 6.45) is 2.81. The lowest BCUT2D eigenvalue weighted by molar-refractivity contribution is -0.384. The molecular weight excluding hydrogens is 286 g/mol. The molecule has 1 aromatic carbocycles. The average Bonchev–Trinajstić information content (AvgIpc) is 2.78. The lowest BCUT2D eigenvalue weighted by Crippen LogP contribution is -2.43. The molecule has 0 aromatic heterocycles. The maximum atomic E-state index is 12.3. The highest BCUT2D eigenvalue weighted by atomic mass is 16.6. The summed E-state index contributed by atoms with van der Waals surface area (Å²) < 4.78 is 0. The third kappa shape index (κ3) is 1.97. The predicted octanol–water partition coefficient (Wildman–Crippen LogP) is 1.57. The van der Waals surface area contributed by atoms with Gasteiger partial charge in [-0.05, 0) is 25.3 Å². The molecule has 22 heavy (non-hydrogen) atoms. The minimum atomic E-state index is -1.17. The molecule has 2 N–H and O–H groups in total. The fourth-order valence-electron chi connectivity index (χ4n) is 3.23. The molecule has 7 heteroatoms. The number of hydrogen-bond acceptors (Lipinski definition) is 4. The van der Waals surface area contributed by atoms with E-state index < -0.39 is 10.3 Å². The molecule has 0 radical (unpaired) electrons. The number of nitrogens with one attached hydrogen (secondary N) is 2. The first kappa shape index (κ1) is 14.2. The number of allylic oxidation sites excluding steroid dienone is 2. The van der Waals surface area contributed by atoms with Crippen LogP contribution in [0.2, 0.25) is 0 Å². The van der Waals surface area contributed by atoms with E-state index in [2.05, 4.69) is 10.9 Å². The number of carbonyl (C=O) groups excluding carboxylic acids is 2. The number of hydrazine groups is 1. The van der Waals surface area contributed by atoms with E-state index in [0.717, 1.165) is 11.1 Å². The molecule has 1 fully saturated rings. The second-order valence-electron chi connectivity index (χ2n) is 5.74. The lowest BCUT2D eigenvalue weighted by atomic mass is 9.64. The van der Waals surface area contributed by atoms with Gasteiger partial charge in [-0.3, -0.25) is 30.6 Å². The predicted molar refractivity (Wildman–Crippen MR) is 77.5 cm³/mol. The monoisotopic (exact) mass is 301 g/mol. The van der Waals surface area contributed by atoms with E-state index in [9.17, 15) is 19.7 Å². The Morgan fingerprint density at radius 1 is 1.18 bits per heavy atom. The van der Waals surface area contributed by atoms with E-state index in [4.69, 9.17) is 0 Å². The van der Waals surface area contributed by atoms with Crippen molar-refractivity contribution in [2.75, 3.05) is 0 Å². The van der Waals surface area contributed by atoms with Crippen molar-refractivity contribution in [3.05, 3.63) is 51.6 Å². The molecule has 1 heterocycles. The van der Waals surface area contributed by atoms with E-state index in [1.807, 2.05) is 13.0 Å². The summed E-state index contributed by atoms with van der Waals surface area (Å²) in [5.41, 5.74) is 5.47. The lowest BCUT2D eigenvalue weighted by Gasteiger charge is -2.35. The van der Waals surface area contributed by atoms with Crippen LogP contribution in [0.15, 0.2) is 35.9 Å². The van der Waals surface area contributed by atoms with E-state index in [0.29, 0.717) is 12.8 Å². The molecule has 7 nitrogen and oxygen atoms in total. The molecule has 1 aliphatic carbocycles. The van der Waals surface area contributed by atoms with Crippen molar-refractivity contribution in [1.29, 1.82) is 0 Å². The quantitative estimate of drug-likeness (QED) is 0.374. The van der Waals surface area contributed by atoms with Gasteiger partial charge < -0.3 is 0 Å². The van der Waals surface area contributed by atoms with Crippen LogP contribution in [0.4, 0.5) is 5.69 Å². The summed E-state index contributed by atoms with van der Waals surface area (Å²) in [4.78, 5) is 34.9. The van der Waals surface area contributed by atoms with Gasteiger partial charge in [0.1, 0.15) is 5.41 Å². The van der Waals surface area contributed by atoms with Crippen molar-refractivity contribution in [1.82, 2.24) is 10.9 Å². The number of amides is 2. The Balaban J connectivity index is 2.05. The van der Waals surface area contributed by atoms with Crippen LogP contribution in [0.3, 0.4) is 0 Å². The number of carbonyl (C=O) groups is 2. The van der Waals surface area contributed by atoms with E-state index in [-0.39, 0.29) is 23.4 Å². The Morgan fingerprint density at radius 2 is 1.77 bits per heavy atom. The summed E-state index contributed by atoms with van der Waals surface area (Å²) in [6, 6.07) is 6.06. The van der Waals surface area contributed by atoms with Gasteiger partial charge in [-0.15, -0.1) is 0 Å². The highest BCUT2D eigenvalue weighted by Gasteiger charge is 2.56. The van der Waals surface area contributed by atoms with Gasteiger partial charge in [0.05, 0.1) is 4.92 Å². The standard InChI is InChI=1S/C15H15N3O4/c1-9-6-7-15(13(19)16-17-14(15)20)12(8-9)10-2-4-11(5-3-10)18(21)22/h2-6,12H,7-8H2,1H3,(H,16,19)(H,17,20)/t12-/m1/s1. The second-order valence-corrected chi connectivity index (χ2v) is 5.74. The van der Waals surface area contributed by atoms with Gasteiger partial charge in [0.2, 0.25) is 0 Å².